The van der Waals surface area contributed by atoms with Crippen LogP contribution in [-0.4, -0.2) is 19.4 Å². The van der Waals surface area contributed by atoms with Gasteiger partial charge in [0.2, 0.25) is 0 Å². The molecule has 3 aromatic heterocycles. The minimum Gasteiger partial charge on any atom is -0.378 e. The minimum atomic E-state index is 0.604. The zero-order chi connectivity index (χ0) is 17.2. The number of nitrogens with one attached hydrogen (secondary N) is 1. The second kappa shape index (κ2) is 6.82. The van der Waals surface area contributed by atoms with Crippen molar-refractivity contribution >= 4 is 38.9 Å². The van der Waals surface area contributed by atoms with Crippen LogP contribution in [0.15, 0.2) is 66.0 Å². The zero-order valence-corrected chi connectivity index (χ0v) is 15.4. The highest BCUT2D eigenvalue weighted by Crippen LogP contribution is 2.32. The third-order valence-corrected chi connectivity index (χ3v) is 4.76. The molecule has 124 valence electrons. The van der Waals surface area contributed by atoms with E-state index in [0.29, 0.717) is 11.6 Å². The number of nitrogens with zero attached hydrogens (tertiary/aromatic N) is 4. The molecule has 0 saturated heterocycles. The summed E-state index contributed by atoms with van der Waals surface area (Å²) in [7, 11) is 0. The van der Waals surface area contributed by atoms with Crippen molar-refractivity contribution in [2.75, 3.05) is 5.32 Å². The molecule has 0 aliphatic heterocycles. The molecule has 3 heterocycles. The Bertz CT molecular complexity index is 1030. The van der Waals surface area contributed by atoms with Crippen molar-refractivity contribution in [2.45, 2.75) is 6.54 Å². The summed E-state index contributed by atoms with van der Waals surface area (Å²) in [5.41, 5.74) is 4.71. The fourth-order valence-electron chi connectivity index (χ4n) is 2.65. The summed E-state index contributed by atoms with van der Waals surface area (Å²) in [5.74, 6) is 0. The van der Waals surface area contributed by atoms with E-state index in [4.69, 9.17) is 11.6 Å². The standard InChI is InChI=1S/C18H13BrClN5/c19-17-9-24-18-16(23-8-12-6-21-11-22-7-12)5-13(10-25(17)18)14-3-1-2-4-15(14)20/h1-7,9-11,23H,8H2. The highest BCUT2D eigenvalue weighted by atomic mass is 79.9. The van der Waals surface area contributed by atoms with Crippen LogP contribution in [0.25, 0.3) is 16.8 Å². The first kappa shape index (κ1) is 16.1. The fourth-order valence-corrected chi connectivity index (χ4v) is 3.27. The highest BCUT2D eigenvalue weighted by molar-refractivity contribution is 9.10. The van der Waals surface area contributed by atoms with Crippen LogP contribution < -0.4 is 5.32 Å². The Morgan fingerprint density at radius 3 is 2.72 bits per heavy atom. The topological polar surface area (TPSA) is 55.1 Å². The molecule has 0 spiro atoms. The smallest absolute Gasteiger partial charge is 0.161 e. The molecule has 0 aliphatic carbocycles. The predicted molar refractivity (Wildman–Crippen MR) is 103 cm³/mol. The van der Waals surface area contributed by atoms with Crippen LogP contribution in [0.5, 0.6) is 0 Å². The van der Waals surface area contributed by atoms with Gasteiger partial charge in [-0.2, -0.15) is 0 Å². The van der Waals surface area contributed by atoms with E-state index in [2.05, 4.69) is 42.3 Å². The molecule has 4 aromatic rings. The molecule has 25 heavy (non-hydrogen) atoms. The Hall–Kier alpha value is -2.44. The van der Waals surface area contributed by atoms with E-state index in [-0.39, 0.29) is 0 Å². The van der Waals surface area contributed by atoms with Gasteiger partial charge in [-0.1, -0.05) is 29.8 Å². The van der Waals surface area contributed by atoms with Crippen molar-refractivity contribution in [2.24, 2.45) is 0 Å². The summed E-state index contributed by atoms with van der Waals surface area (Å²) in [6.45, 7) is 0.604. The lowest BCUT2D eigenvalue weighted by Gasteiger charge is -2.12. The Labute approximate surface area is 157 Å². The van der Waals surface area contributed by atoms with Gasteiger partial charge in [0.15, 0.2) is 5.65 Å². The summed E-state index contributed by atoms with van der Waals surface area (Å²) < 4.78 is 2.87. The van der Waals surface area contributed by atoms with Crippen LogP contribution in [0.4, 0.5) is 5.69 Å². The molecule has 0 atom stereocenters. The molecule has 0 aliphatic rings. The van der Waals surface area contributed by atoms with Gasteiger partial charge in [-0.05, 0) is 28.1 Å². The number of benzene rings is 1. The van der Waals surface area contributed by atoms with Crippen molar-refractivity contribution in [3.8, 4) is 11.1 Å². The Morgan fingerprint density at radius 1 is 1.12 bits per heavy atom. The third-order valence-electron chi connectivity index (χ3n) is 3.84. The normalized spacial score (nSPS) is 11.0. The van der Waals surface area contributed by atoms with Gasteiger partial charge in [0, 0.05) is 46.8 Å². The van der Waals surface area contributed by atoms with Gasteiger partial charge in [-0.3, -0.25) is 4.40 Å². The fraction of sp³-hybridized carbons (Fsp3) is 0.0556. The number of hydrogen-bond acceptors (Lipinski definition) is 4. The number of aromatic nitrogens is 4. The number of fused-ring (bicyclic) bond motifs is 1. The molecule has 0 bridgehead atoms. The first-order valence-electron chi connectivity index (χ1n) is 7.61. The number of anilines is 1. The summed E-state index contributed by atoms with van der Waals surface area (Å²) in [5, 5.41) is 4.13. The lowest BCUT2D eigenvalue weighted by atomic mass is 10.1. The highest BCUT2D eigenvalue weighted by Gasteiger charge is 2.11. The first-order chi connectivity index (χ1) is 12.2. The van der Waals surface area contributed by atoms with Crippen molar-refractivity contribution in [1.82, 2.24) is 19.4 Å². The van der Waals surface area contributed by atoms with E-state index in [1.165, 1.54) is 6.33 Å². The van der Waals surface area contributed by atoms with Crippen LogP contribution >= 0.6 is 27.5 Å². The SMILES string of the molecule is Clc1ccccc1-c1cc(NCc2cncnc2)c2ncc(Br)n2c1. The van der Waals surface area contributed by atoms with E-state index in [1.807, 2.05) is 34.9 Å². The van der Waals surface area contributed by atoms with Crippen molar-refractivity contribution in [1.29, 1.82) is 0 Å². The van der Waals surface area contributed by atoms with E-state index in [9.17, 15) is 0 Å². The average molecular weight is 415 g/mol. The number of rotatable bonds is 4. The first-order valence-corrected chi connectivity index (χ1v) is 8.79. The molecule has 1 aromatic carbocycles. The third kappa shape index (κ3) is 3.23. The minimum absolute atomic E-state index is 0.604. The summed E-state index contributed by atoms with van der Waals surface area (Å²) in [6, 6.07) is 9.84. The Balaban J connectivity index is 1.78. The average Bonchev–Trinajstić information content (AvgIpc) is 3.02. The van der Waals surface area contributed by atoms with Crippen LogP contribution in [0.3, 0.4) is 0 Å². The van der Waals surface area contributed by atoms with E-state index >= 15 is 0 Å². The van der Waals surface area contributed by atoms with Gasteiger partial charge in [-0.15, -0.1) is 0 Å². The molecule has 7 heteroatoms. The number of hydrogen-bond donors (Lipinski definition) is 1. The number of imidazole rings is 1. The van der Waals surface area contributed by atoms with Crippen LogP contribution in [-0.2, 0) is 6.54 Å². The van der Waals surface area contributed by atoms with Gasteiger partial charge in [0.1, 0.15) is 10.9 Å². The summed E-state index contributed by atoms with van der Waals surface area (Å²) in [6.07, 6.45) is 8.89. The van der Waals surface area contributed by atoms with Crippen molar-refractivity contribution in [3.63, 3.8) is 0 Å². The maximum absolute atomic E-state index is 6.38. The molecular formula is C18H13BrClN5. The molecule has 0 radical (unpaired) electrons. The molecular weight excluding hydrogens is 402 g/mol. The quantitative estimate of drug-likeness (QED) is 0.520. The molecule has 0 unspecified atom stereocenters. The Morgan fingerprint density at radius 2 is 1.92 bits per heavy atom. The number of pyridine rings is 1. The Kier molecular flexibility index (Phi) is 4.38. The largest absolute Gasteiger partial charge is 0.378 e. The van der Waals surface area contributed by atoms with Gasteiger partial charge in [0.25, 0.3) is 0 Å². The van der Waals surface area contributed by atoms with Gasteiger partial charge >= 0.3 is 0 Å². The van der Waals surface area contributed by atoms with Crippen molar-refractivity contribution in [3.05, 3.63) is 76.6 Å². The lowest BCUT2D eigenvalue weighted by Crippen LogP contribution is -2.03. The van der Waals surface area contributed by atoms with Gasteiger partial charge in [-0.25, -0.2) is 15.0 Å². The molecule has 0 amide bonds. The van der Waals surface area contributed by atoms with E-state index < -0.39 is 0 Å². The molecule has 1 N–H and O–H groups in total. The lowest BCUT2D eigenvalue weighted by molar-refractivity contribution is 1.05. The summed E-state index contributed by atoms with van der Waals surface area (Å²) in [4.78, 5) is 12.6. The predicted octanol–water partition coefficient (Wildman–Crippen LogP) is 4.82. The molecule has 5 nitrogen and oxygen atoms in total. The van der Waals surface area contributed by atoms with Crippen molar-refractivity contribution < 1.29 is 0 Å². The number of halogens is 2. The molecule has 4 rings (SSSR count). The van der Waals surface area contributed by atoms with E-state index in [0.717, 1.165) is 32.6 Å². The monoisotopic (exact) mass is 413 g/mol. The van der Waals surface area contributed by atoms with Crippen LogP contribution in [0.2, 0.25) is 5.02 Å². The molecule has 0 saturated carbocycles. The second-order valence-electron chi connectivity index (χ2n) is 5.50. The maximum Gasteiger partial charge on any atom is 0.161 e. The maximum atomic E-state index is 6.38. The van der Waals surface area contributed by atoms with Gasteiger partial charge in [0.05, 0.1) is 11.9 Å². The second-order valence-corrected chi connectivity index (χ2v) is 6.72. The van der Waals surface area contributed by atoms with E-state index in [1.54, 1.807) is 18.6 Å². The molecule has 0 fully saturated rings. The van der Waals surface area contributed by atoms with Crippen LogP contribution in [0, 0.1) is 0 Å². The summed E-state index contributed by atoms with van der Waals surface area (Å²) >= 11 is 9.92. The van der Waals surface area contributed by atoms with Gasteiger partial charge < -0.3 is 5.32 Å². The van der Waals surface area contributed by atoms with Crippen LogP contribution in [0.1, 0.15) is 5.56 Å². The zero-order valence-electron chi connectivity index (χ0n) is 13.0.